The molecule has 2 unspecified atom stereocenters. The molecule has 0 radical (unpaired) electrons. The number of rotatable bonds is 3. The van der Waals surface area contributed by atoms with E-state index in [1.54, 1.807) is 18.2 Å². The highest BCUT2D eigenvalue weighted by Crippen LogP contribution is 2.28. The number of anilines is 1. The van der Waals surface area contributed by atoms with Crippen LogP contribution in [0.15, 0.2) is 42.5 Å². The number of nitrogens with zero attached hydrogens (tertiary/aromatic N) is 2. The number of hydrogen-bond donors (Lipinski definition) is 0. The molecule has 1 amide bonds. The molecule has 0 spiro atoms. The normalized spacial score (nSPS) is 20.2. The summed E-state index contributed by atoms with van der Waals surface area (Å²) in [6, 6.07) is 12.7. The van der Waals surface area contributed by atoms with Crippen LogP contribution in [0.1, 0.15) is 34.6 Å². The smallest absolute Gasteiger partial charge is 0.254 e. The van der Waals surface area contributed by atoms with E-state index in [1.807, 2.05) is 36.1 Å². The van der Waals surface area contributed by atoms with Crippen molar-refractivity contribution in [3.05, 3.63) is 63.6 Å². The zero-order valence-electron chi connectivity index (χ0n) is 14.7. The zero-order valence-corrected chi connectivity index (χ0v) is 16.2. The molecule has 1 aliphatic heterocycles. The minimum absolute atomic E-state index is 0.0137. The molecule has 1 saturated heterocycles. The fourth-order valence-electron chi connectivity index (χ4n) is 3.37. The Morgan fingerprint density at radius 3 is 2.50 bits per heavy atom. The second-order valence-corrected chi connectivity index (χ2v) is 7.35. The summed E-state index contributed by atoms with van der Waals surface area (Å²) in [4.78, 5) is 28.0. The number of carbonyl (C=O) groups excluding carboxylic acids is 2. The molecule has 136 valence electrons. The third kappa shape index (κ3) is 3.57. The van der Waals surface area contributed by atoms with Gasteiger partial charge in [0.15, 0.2) is 6.29 Å². The first-order valence-corrected chi connectivity index (χ1v) is 9.26. The van der Waals surface area contributed by atoms with E-state index in [1.165, 1.54) is 0 Å². The van der Waals surface area contributed by atoms with E-state index >= 15 is 0 Å². The van der Waals surface area contributed by atoms with E-state index in [4.69, 9.17) is 23.2 Å². The number of aldehydes is 1. The van der Waals surface area contributed by atoms with Crippen LogP contribution in [0.2, 0.25) is 10.0 Å². The predicted octanol–water partition coefficient (Wildman–Crippen LogP) is 4.55. The lowest BCUT2D eigenvalue weighted by Gasteiger charge is -2.46. The molecule has 1 aliphatic rings. The van der Waals surface area contributed by atoms with Crippen LogP contribution in [0.25, 0.3) is 0 Å². The van der Waals surface area contributed by atoms with E-state index < -0.39 is 0 Å². The first-order chi connectivity index (χ1) is 12.4. The van der Waals surface area contributed by atoms with Crippen LogP contribution >= 0.6 is 23.2 Å². The molecule has 0 bridgehead atoms. The lowest BCUT2D eigenvalue weighted by atomic mass is 10.0. The maximum Gasteiger partial charge on any atom is 0.254 e. The first-order valence-electron chi connectivity index (χ1n) is 8.50. The van der Waals surface area contributed by atoms with Gasteiger partial charge in [-0.1, -0.05) is 29.3 Å². The summed E-state index contributed by atoms with van der Waals surface area (Å²) in [5.41, 5.74) is 1.94. The Hall–Kier alpha value is -2.04. The molecule has 26 heavy (non-hydrogen) atoms. The van der Waals surface area contributed by atoms with E-state index in [9.17, 15) is 9.59 Å². The molecular weight excluding hydrogens is 371 g/mol. The van der Waals surface area contributed by atoms with Crippen LogP contribution in [0.3, 0.4) is 0 Å². The molecule has 0 saturated carbocycles. The summed E-state index contributed by atoms with van der Waals surface area (Å²) in [6.07, 6.45) is 0.686. The Labute approximate surface area is 163 Å². The third-order valence-electron chi connectivity index (χ3n) is 5.04. The van der Waals surface area contributed by atoms with Gasteiger partial charge in [0, 0.05) is 47.0 Å². The maximum absolute atomic E-state index is 12.9. The summed E-state index contributed by atoms with van der Waals surface area (Å²) in [7, 11) is 0. The van der Waals surface area contributed by atoms with Crippen LogP contribution in [-0.4, -0.2) is 42.3 Å². The summed E-state index contributed by atoms with van der Waals surface area (Å²) < 4.78 is 0. The molecule has 4 nitrogen and oxygen atoms in total. The van der Waals surface area contributed by atoms with Gasteiger partial charge >= 0.3 is 0 Å². The monoisotopic (exact) mass is 390 g/mol. The van der Waals surface area contributed by atoms with Gasteiger partial charge in [0.05, 0.1) is 5.02 Å². The second kappa shape index (κ2) is 7.68. The van der Waals surface area contributed by atoms with Gasteiger partial charge in [-0.05, 0) is 50.2 Å². The van der Waals surface area contributed by atoms with Crippen molar-refractivity contribution < 1.29 is 9.59 Å². The van der Waals surface area contributed by atoms with Gasteiger partial charge in [-0.15, -0.1) is 0 Å². The number of amides is 1. The molecule has 6 heteroatoms. The van der Waals surface area contributed by atoms with Gasteiger partial charge in [-0.2, -0.15) is 0 Å². The zero-order chi connectivity index (χ0) is 18.8. The fraction of sp³-hybridized carbons (Fsp3) is 0.300. The number of benzene rings is 2. The summed E-state index contributed by atoms with van der Waals surface area (Å²) in [6.45, 7) is 5.47. The van der Waals surface area contributed by atoms with E-state index in [2.05, 4.69) is 11.8 Å². The van der Waals surface area contributed by atoms with Gasteiger partial charge in [0.2, 0.25) is 0 Å². The third-order valence-corrected chi connectivity index (χ3v) is 5.60. The maximum atomic E-state index is 12.9. The van der Waals surface area contributed by atoms with E-state index in [0.29, 0.717) is 34.0 Å². The van der Waals surface area contributed by atoms with Crippen molar-refractivity contribution in [1.29, 1.82) is 0 Å². The number of carbonyl (C=O) groups is 2. The topological polar surface area (TPSA) is 40.6 Å². The Balaban J connectivity index is 1.80. The highest BCUT2D eigenvalue weighted by atomic mass is 35.5. The largest absolute Gasteiger partial charge is 0.365 e. The highest BCUT2D eigenvalue weighted by Gasteiger charge is 2.34. The van der Waals surface area contributed by atoms with Gasteiger partial charge in [-0.25, -0.2) is 0 Å². The van der Waals surface area contributed by atoms with Crippen LogP contribution < -0.4 is 4.90 Å². The standard InChI is InChI=1S/C20H20Cl2N2O2/c1-13-14(2)24(9-8-23(13)18-5-3-4-17(21)11-18)20(26)15-6-7-16(12-25)19(22)10-15/h3-7,10-14H,8-9H2,1-2H3. The second-order valence-electron chi connectivity index (χ2n) is 6.51. The Morgan fingerprint density at radius 2 is 1.85 bits per heavy atom. The number of halogens is 2. The predicted molar refractivity (Wildman–Crippen MR) is 106 cm³/mol. The van der Waals surface area contributed by atoms with Crippen molar-refractivity contribution in [2.24, 2.45) is 0 Å². The summed E-state index contributed by atoms with van der Waals surface area (Å²) >= 11 is 12.2. The van der Waals surface area contributed by atoms with Crippen molar-refractivity contribution in [2.75, 3.05) is 18.0 Å². The van der Waals surface area contributed by atoms with Crippen molar-refractivity contribution in [3.8, 4) is 0 Å². The van der Waals surface area contributed by atoms with Crippen molar-refractivity contribution in [3.63, 3.8) is 0 Å². The Morgan fingerprint density at radius 1 is 1.08 bits per heavy atom. The van der Waals surface area contributed by atoms with E-state index in [0.717, 1.165) is 12.2 Å². The van der Waals surface area contributed by atoms with Gasteiger partial charge in [-0.3, -0.25) is 9.59 Å². The highest BCUT2D eigenvalue weighted by molar-refractivity contribution is 6.33. The molecule has 0 aliphatic carbocycles. The SMILES string of the molecule is CC1C(C)N(c2cccc(Cl)c2)CCN1C(=O)c1ccc(C=O)c(Cl)c1. The number of hydrogen-bond acceptors (Lipinski definition) is 3. The van der Waals surface area contributed by atoms with Crippen LogP contribution in [-0.2, 0) is 0 Å². The van der Waals surface area contributed by atoms with E-state index in [-0.39, 0.29) is 18.0 Å². The molecule has 2 aromatic carbocycles. The quantitative estimate of drug-likeness (QED) is 0.721. The molecule has 2 atom stereocenters. The molecule has 2 aromatic rings. The van der Waals surface area contributed by atoms with Gasteiger partial charge in [0.25, 0.3) is 5.91 Å². The van der Waals surface area contributed by atoms with Crippen molar-refractivity contribution in [1.82, 2.24) is 4.90 Å². The molecule has 0 N–H and O–H groups in total. The molecule has 0 aromatic heterocycles. The molecular formula is C20H20Cl2N2O2. The summed E-state index contributed by atoms with van der Waals surface area (Å²) in [5.74, 6) is -0.0746. The first kappa shape index (κ1) is 18.7. The average molecular weight is 391 g/mol. The van der Waals surface area contributed by atoms with Crippen LogP contribution in [0, 0.1) is 0 Å². The lowest BCUT2D eigenvalue weighted by molar-refractivity contribution is 0.0634. The Kier molecular flexibility index (Phi) is 5.54. The molecule has 1 heterocycles. The Bertz CT molecular complexity index is 840. The fourth-order valence-corrected chi connectivity index (χ4v) is 3.78. The molecule has 3 rings (SSSR count). The van der Waals surface area contributed by atoms with Crippen LogP contribution in [0.5, 0.6) is 0 Å². The van der Waals surface area contributed by atoms with Crippen LogP contribution in [0.4, 0.5) is 5.69 Å². The summed E-state index contributed by atoms with van der Waals surface area (Å²) in [5, 5.41) is 0.995. The average Bonchev–Trinajstić information content (AvgIpc) is 2.63. The van der Waals surface area contributed by atoms with Crippen molar-refractivity contribution in [2.45, 2.75) is 25.9 Å². The van der Waals surface area contributed by atoms with Gasteiger partial charge in [0.1, 0.15) is 0 Å². The number of piperazine rings is 1. The minimum Gasteiger partial charge on any atom is -0.365 e. The van der Waals surface area contributed by atoms with Gasteiger partial charge < -0.3 is 9.80 Å². The lowest BCUT2D eigenvalue weighted by Crippen LogP contribution is -2.59. The van der Waals surface area contributed by atoms with Crippen molar-refractivity contribution >= 4 is 41.1 Å². The molecule has 1 fully saturated rings. The minimum atomic E-state index is -0.0746.